The molecule has 2 amide bonds. The number of rotatable bonds is 6. The second kappa shape index (κ2) is 5.70. The second-order valence-corrected chi connectivity index (χ2v) is 4.19. The van der Waals surface area contributed by atoms with Gasteiger partial charge in [-0.1, -0.05) is 13.8 Å². The summed E-state index contributed by atoms with van der Waals surface area (Å²) in [4.78, 5) is 22.6. The lowest BCUT2D eigenvalue weighted by atomic mass is 10.0. The van der Waals surface area contributed by atoms with Gasteiger partial charge in [-0.05, 0) is 20.4 Å². The van der Waals surface area contributed by atoms with Gasteiger partial charge in [0, 0.05) is 12.5 Å². The monoisotopic (exact) mass is 215 g/mol. The lowest BCUT2D eigenvalue weighted by Crippen LogP contribution is -2.55. The van der Waals surface area contributed by atoms with Gasteiger partial charge in [0.2, 0.25) is 11.8 Å². The van der Waals surface area contributed by atoms with E-state index in [0.717, 1.165) is 6.54 Å². The summed E-state index contributed by atoms with van der Waals surface area (Å²) in [6, 6.07) is 0. The van der Waals surface area contributed by atoms with Crippen molar-refractivity contribution < 1.29 is 9.59 Å². The van der Waals surface area contributed by atoms with Crippen molar-refractivity contribution in [3.05, 3.63) is 0 Å². The second-order valence-electron chi connectivity index (χ2n) is 4.19. The van der Waals surface area contributed by atoms with Crippen LogP contribution in [0.2, 0.25) is 0 Å². The summed E-state index contributed by atoms with van der Waals surface area (Å²) >= 11 is 0. The van der Waals surface area contributed by atoms with E-state index >= 15 is 0 Å². The molecule has 0 bridgehead atoms. The van der Waals surface area contributed by atoms with Crippen molar-refractivity contribution >= 4 is 11.8 Å². The van der Waals surface area contributed by atoms with Crippen molar-refractivity contribution in [3.8, 4) is 0 Å². The summed E-state index contributed by atoms with van der Waals surface area (Å²) in [5.74, 6) is -0.880. The fourth-order valence-corrected chi connectivity index (χ4v) is 0.946. The molecule has 0 aliphatic rings. The van der Waals surface area contributed by atoms with E-state index < -0.39 is 11.4 Å². The summed E-state index contributed by atoms with van der Waals surface area (Å²) in [5, 5.41) is 5.68. The van der Waals surface area contributed by atoms with E-state index in [9.17, 15) is 9.59 Å². The number of nitrogens with one attached hydrogen (secondary N) is 2. The molecule has 0 rings (SSSR count). The number of carbonyl (C=O) groups is 2. The van der Waals surface area contributed by atoms with Crippen LogP contribution >= 0.6 is 0 Å². The Balaban J connectivity index is 4.18. The first-order valence-corrected chi connectivity index (χ1v) is 5.14. The summed E-state index contributed by atoms with van der Waals surface area (Å²) in [7, 11) is 0. The molecule has 0 aromatic rings. The van der Waals surface area contributed by atoms with Crippen LogP contribution in [0.15, 0.2) is 0 Å². The highest BCUT2D eigenvalue weighted by Crippen LogP contribution is 2.03. The van der Waals surface area contributed by atoms with Crippen LogP contribution in [0, 0.1) is 5.92 Å². The summed E-state index contributed by atoms with van der Waals surface area (Å²) in [6.45, 7) is 8.36. The number of amides is 2. The minimum atomic E-state index is -0.989. The minimum absolute atomic E-state index is 0.167. The highest BCUT2D eigenvalue weighted by molar-refractivity contribution is 5.90. The summed E-state index contributed by atoms with van der Waals surface area (Å²) in [5.41, 5.74) is 4.16. The van der Waals surface area contributed by atoms with E-state index in [0.29, 0.717) is 6.54 Å². The molecule has 0 heterocycles. The van der Waals surface area contributed by atoms with Crippen molar-refractivity contribution in [3.63, 3.8) is 0 Å². The first-order valence-electron chi connectivity index (χ1n) is 5.14. The van der Waals surface area contributed by atoms with Crippen molar-refractivity contribution in [2.75, 3.05) is 13.1 Å². The van der Waals surface area contributed by atoms with Crippen LogP contribution in [0.5, 0.6) is 0 Å². The molecule has 0 fully saturated rings. The van der Waals surface area contributed by atoms with Gasteiger partial charge in [0.25, 0.3) is 0 Å². The molecule has 1 atom stereocenters. The van der Waals surface area contributed by atoms with Crippen molar-refractivity contribution in [1.82, 2.24) is 10.6 Å². The van der Waals surface area contributed by atoms with Gasteiger partial charge in [-0.25, -0.2) is 0 Å². The zero-order valence-electron chi connectivity index (χ0n) is 9.89. The number of primary amides is 1. The van der Waals surface area contributed by atoms with Crippen LogP contribution in [0.3, 0.4) is 0 Å². The molecular weight excluding hydrogens is 194 g/mol. The smallest absolute Gasteiger partial charge is 0.242 e. The molecule has 0 aromatic heterocycles. The van der Waals surface area contributed by atoms with Gasteiger partial charge in [-0.15, -0.1) is 0 Å². The molecule has 5 nitrogen and oxygen atoms in total. The van der Waals surface area contributed by atoms with Gasteiger partial charge in [0.1, 0.15) is 5.54 Å². The van der Waals surface area contributed by atoms with Gasteiger partial charge >= 0.3 is 0 Å². The van der Waals surface area contributed by atoms with Crippen LogP contribution in [-0.2, 0) is 9.59 Å². The third-order valence-electron chi connectivity index (χ3n) is 2.20. The Morgan fingerprint density at radius 2 is 1.93 bits per heavy atom. The molecule has 5 heteroatoms. The maximum Gasteiger partial charge on any atom is 0.242 e. The molecule has 0 saturated heterocycles. The Labute approximate surface area is 90.8 Å². The van der Waals surface area contributed by atoms with Crippen molar-refractivity contribution in [2.24, 2.45) is 11.7 Å². The van der Waals surface area contributed by atoms with Crippen molar-refractivity contribution in [1.29, 1.82) is 0 Å². The Bertz CT molecular complexity index is 239. The highest BCUT2D eigenvalue weighted by atomic mass is 16.2. The summed E-state index contributed by atoms with van der Waals surface area (Å²) < 4.78 is 0. The number of carbonyl (C=O) groups excluding carboxylic acids is 2. The molecule has 4 N–H and O–H groups in total. The zero-order chi connectivity index (χ0) is 12.1. The first-order chi connectivity index (χ1) is 6.81. The maximum atomic E-state index is 11.6. The van der Waals surface area contributed by atoms with Crippen LogP contribution in [0.1, 0.15) is 27.7 Å². The van der Waals surface area contributed by atoms with Gasteiger partial charge in [-0.2, -0.15) is 0 Å². The average molecular weight is 215 g/mol. The van der Waals surface area contributed by atoms with E-state index in [1.807, 2.05) is 6.92 Å². The molecule has 0 saturated carbocycles. The third-order valence-corrected chi connectivity index (χ3v) is 2.20. The molecule has 15 heavy (non-hydrogen) atoms. The quantitative estimate of drug-likeness (QED) is 0.564. The van der Waals surface area contributed by atoms with E-state index in [1.165, 1.54) is 0 Å². The van der Waals surface area contributed by atoms with E-state index in [1.54, 1.807) is 20.8 Å². The number of hydrogen-bond donors (Lipinski definition) is 3. The van der Waals surface area contributed by atoms with Gasteiger partial charge in [0.05, 0.1) is 0 Å². The number of nitrogens with two attached hydrogens (primary N) is 1. The van der Waals surface area contributed by atoms with Gasteiger partial charge in [0.15, 0.2) is 0 Å². The predicted octanol–water partition coefficient (Wildman–Crippen LogP) is -0.388. The van der Waals surface area contributed by atoms with Crippen LogP contribution in [0.4, 0.5) is 0 Å². The Morgan fingerprint density at radius 1 is 1.40 bits per heavy atom. The predicted molar refractivity (Wildman–Crippen MR) is 59.1 cm³/mol. The van der Waals surface area contributed by atoms with Gasteiger partial charge in [-0.3, -0.25) is 9.59 Å². The molecule has 0 radical (unpaired) electrons. The molecule has 0 aromatic carbocycles. The number of hydrogen-bond acceptors (Lipinski definition) is 3. The van der Waals surface area contributed by atoms with Crippen molar-refractivity contribution in [2.45, 2.75) is 33.2 Å². The largest absolute Gasteiger partial charge is 0.368 e. The zero-order valence-corrected chi connectivity index (χ0v) is 9.89. The van der Waals surface area contributed by atoms with Crippen LogP contribution < -0.4 is 16.4 Å². The maximum absolute atomic E-state index is 11.6. The molecule has 1 unspecified atom stereocenters. The standard InChI is InChI=1S/C10H21N3O2/c1-5-12-6-7(2)8(14)13-10(3,4)9(11)15/h7,12H,5-6H2,1-4H3,(H2,11,15)(H,13,14). The normalized spacial score (nSPS) is 13.3. The fraction of sp³-hybridized carbons (Fsp3) is 0.800. The highest BCUT2D eigenvalue weighted by Gasteiger charge is 2.28. The Hall–Kier alpha value is -1.10. The Kier molecular flexibility index (Phi) is 5.28. The van der Waals surface area contributed by atoms with Crippen LogP contribution in [0.25, 0.3) is 0 Å². The molecule has 88 valence electrons. The minimum Gasteiger partial charge on any atom is -0.368 e. The topological polar surface area (TPSA) is 84.2 Å². The van der Waals surface area contributed by atoms with Crippen LogP contribution in [-0.4, -0.2) is 30.4 Å². The SMILES string of the molecule is CCNCC(C)C(=O)NC(C)(C)C(N)=O. The summed E-state index contributed by atoms with van der Waals surface area (Å²) in [6.07, 6.45) is 0. The fourth-order valence-electron chi connectivity index (χ4n) is 0.946. The third kappa shape index (κ3) is 4.78. The molecule has 0 spiro atoms. The van der Waals surface area contributed by atoms with E-state index in [4.69, 9.17) is 5.73 Å². The Morgan fingerprint density at radius 3 is 2.33 bits per heavy atom. The molecule has 0 aliphatic carbocycles. The first kappa shape index (κ1) is 13.9. The molecule has 0 aliphatic heterocycles. The lowest BCUT2D eigenvalue weighted by Gasteiger charge is -2.24. The lowest BCUT2D eigenvalue weighted by molar-refractivity contribution is -0.132. The van der Waals surface area contributed by atoms with Gasteiger partial charge < -0.3 is 16.4 Å². The average Bonchev–Trinajstić information content (AvgIpc) is 2.13. The molecular formula is C10H21N3O2. The van der Waals surface area contributed by atoms with E-state index in [2.05, 4.69) is 10.6 Å². The van der Waals surface area contributed by atoms with E-state index in [-0.39, 0.29) is 11.8 Å².